The van der Waals surface area contributed by atoms with E-state index in [0.29, 0.717) is 12.1 Å². The van der Waals surface area contributed by atoms with Gasteiger partial charge in [-0.2, -0.15) is 13.2 Å². The van der Waals surface area contributed by atoms with Gasteiger partial charge in [0.2, 0.25) is 5.78 Å². The van der Waals surface area contributed by atoms with E-state index in [9.17, 15) is 18.0 Å². The number of carbonyl (C=O) groups is 1. The maximum Gasteiger partial charge on any atom is 0.416 e. The molecule has 0 bridgehead atoms. The Morgan fingerprint density at radius 2 is 2.08 bits per heavy atom. The Bertz CT molecular complexity index is 778. The molecule has 1 aromatic carbocycles. The van der Waals surface area contributed by atoms with Gasteiger partial charge in [-0.15, -0.1) is 0 Å². The number of hydrogen-bond acceptors (Lipinski definition) is 4. The lowest BCUT2D eigenvalue weighted by Gasteiger charge is -2.20. The molecule has 0 fully saturated rings. The van der Waals surface area contributed by atoms with Crippen LogP contribution in [-0.2, 0) is 15.7 Å². The number of alkyl halides is 3. The molecule has 2 N–H and O–H groups in total. The van der Waals surface area contributed by atoms with Gasteiger partial charge in [0.1, 0.15) is 0 Å². The molecular weight excluding hydrogens is 321 g/mol. The molecule has 3 rings (SSSR count). The second-order valence-electron chi connectivity index (χ2n) is 5.65. The first-order chi connectivity index (χ1) is 11.3. The van der Waals surface area contributed by atoms with Crippen molar-refractivity contribution in [3.8, 4) is 0 Å². The molecule has 24 heavy (non-hydrogen) atoms. The molecule has 1 aromatic rings. The molecule has 7 heteroatoms. The zero-order chi connectivity index (χ0) is 17.5. The molecule has 4 nitrogen and oxygen atoms in total. The highest BCUT2D eigenvalue weighted by molar-refractivity contribution is 6.26. The van der Waals surface area contributed by atoms with E-state index in [1.165, 1.54) is 12.1 Å². The van der Waals surface area contributed by atoms with Crippen LogP contribution in [0.4, 0.5) is 13.2 Å². The van der Waals surface area contributed by atoms with Crippen molar-refractivity contribution in [2.24, 2.45) is 5.73 Å². The zero-order valence-corrected chi connectivity index (χ0v) is 12.8. The smallest absolute Gasteiger partial charge is 0.416 e. The SMILES string of the molecule is CN1C=C(C2OC(N)=C(c3cccc(C(F)(F)F)c3)C2=O)C=CC1. The molecule has 0 saturated carbocycles. The van der Waals surface area contributed by atoms with Crippen LogP contribution in [0.3, 0.4) is 0 Å². The van der Waals surface area contributed by atoms with E-state index in [-0.39, 0.29) is 17.0 Å². The fraction of sp³-hybridized carbons (Fsp3) is 0.235. The van der Waals surface area contributed by atoms with Gasteiger partial charge in [0.15, 0.2) is 12.0 Å². The molecule has 2 aliphatic heterocycles. The van der Waals surface area contributed by atoms with Crippen LogP contribution >= 0.6 is 0 Å². The number of nitrogens with zero attached hydrogens (tertiary/aromatic N) is 1. The number of nitrogens with two attached hydrogens (primary N) is 1. The zero-order valence-electron chi connectivity index (χ0n) is 12.8. The van der Waals surface area contributed by atoms with E-state index >= 15 is 0 Å². The summed E-state index contributed by atoms with van der Waals surface area (Å²) in [5.41, 5.74) is 5.63. The van der Waals surface area contributed by atoms with Gasteiger partial charge in [-0.05, 0) is 17.7 Å². The number of halogens is 3. The maximum atomic E-state index is 12.9. The number of likely N-dealkylation sites (N-methyl/N-ethyl adjacent to an activating group) is 1. The fourth-order valence-electron chi connectivity index (χ4n) is 2.71. The lowest BCUT2D eigenvalue weighted by molar-refractivity contribution is -0.137. The highest BCUT2D eigenvalue weighted by atomic mass is 19.4. The maximum absolute atomic E-state index is 12.9. The minimum atomic E-state index is -4.50. The molecule has 0 radical (unpaired) electrons. The molecule has 1 unspecified atom stereocenters. The number of Topliss-reactive ketones (excluding diaryl/α,β-unsaturated/α-hetero) is 1. The van der Waals surface area contributed by atoms with Crippen molar-refractivity contribution in [1.82, 2.24) is 4.90 Å². The Morgan fingerprint density at radius 3 is 2.75 bits per heavy atom. The van der Waals surface area contributed by atoms with Crippen molar-refractivity contribution in [3.05, 3.63) is 65.2 Å². The van der Waals surface area contributed by atoms with Crippen molar-refractivity contribution in [2.75, 3.05) is 13.6 Å². The second kappa shape index (κ2) is 5.74. The summed E-state index contributed by atoms with van der Waals surface area (Å²) in [5, 5.41) is 0. The predicted octanol–water partition coefficient (Wildman–Crippen LogP) is 2.69. The lowest BCUT2D eigenvalue weighted by Crippen LogP contribution is -2.25. The van der Waals surface area contributed by atoms with Crippen molar-refractivity contribution >= 4 is 11.4 Å². The summed E-state index contributed by atoms with van der Waals surface area (Å²) in [6, 6.07) is 4.51. The topological polar surface area (TPSA) is 55.6 Å². The number of benzene rings is 1. The molecule has 0 spiro atoms. The van der Waals surface area contributed by atoms with E-state index < -0.39 is 23.6 Å². The van der Waals surface area contributed by atoms with Crippen molar-refractivity contribution < 1.29 is 22.7 Å². The van der Waals surface area contributed by atoms with E-state index in [1.54, 1.807) is 12.3 Å². The minimum Gasteiger partial charge on any atom is -0.462 e. The molecule has 0 aromatic heterocycles. The number of carbonyl (C=O) groups excluding carboxylic acids is 1. The average molecular weight is 336 g/mol. The van der Waals surface area contributed by atoms with Gasteiger partial charge in [-0.1, -0.05) is 24.3 Å². The third kappa shape index (κ3) is 2.89. The van der Waals surface area contributed by atoms with E-state index in [2.05, 4.69) is 0 Å². The summed E-state index contributed by atoms with van der Waals surface area (Å²) < 4.78 is 44.1. The summed E-state index contributed by atoms with van der Waals surface area (Å²) >= 11 is 0. The number of ketones is 1. The van der Waals surface area contributed by atoms with Crippen LogP contribution in [0.15, 0.2) is 54.1 Å². The molecule has 1 atom stereocenters. The van der Waals surface area contributed by atoms with Crippen LogP contribution in [0.1, 0.15) is 11.1 Å². The van der Waals surface area contributed by atoms with Gasteiger partial charge in [0.25, 0.3) is 0 Å². The van der Waals surface area contributed by atoms with E-state index in [0.717, 1.165) is 12.1 Å². The number of ether oxygens (including phenoxy) is 1. The second-order valence-corrected chi connectivity index (χ2v) is 5.65. The third-order valence-electron chi connectivity index (χ3n) is 3.83. The minimum absolute atomic E-state index is 0.0198. The molecule has 0 saturated heterocycles. The average Bonchev–Trinajstić information content (AvgIpc) is 2.81. The number of hydrogen-bond donors (Lipinski definition) is 1. The first kappa shape index (κ1) is 16.2. The van der Waals surface area contributed by atoms with Crippen LogP contribution in [0.5, 0.6) is 0 Å². The monoisotopic (exact) mass is 336 g/mol. The van der Waals surface area contributed by atoms with Crippen LogP contribution in [0.25, 0.3) is 5.57 Å². The lowest BCUT2D eigenvalue weighted by atomic mass is 9.95. The predicted molar refractivity (Wildman–Crippen MR) is 82.3 cm³/mol. The number of rotatable bonds is 2. The molecule has 0 amide bonds. The highest BCUT2D eigenvalue weighted by Crippen LogP contribution is 2.35. The highest BCUT2D eigenvalue weighted by Gasteiger charge is 2.38. The van der Waals surface area contributed by atoms with Gasteiger partial charge in [-0.25, -0.2) is 0 Å². The van der Waals surface area contributed by atoms with Crippen molar-refractivity contribution in [3.63, 3.8) is 0 Å². The van der Waals surface area contributed by atoms with E-state index in [1.807, 2.05) is 18.0 Å². The molecular formula is C17H15F3N2O2. The Labute approximate surface area is 136 Å². The molecule has 126 valence electrons. The third-order valence-corrected chi connectivity index (χ3v) is 3.83. The van der Waals surface area contributed by atoms with Gasteiger partial charge in [0, 0.05) is 25.4 Å². The van der Waals surface area contributed by atoms with Gasteiger partial charge in [0.05, 0.1) is 11.1 Å². The quantitative estimate of drug-likeness (QED) is 0.902. The standard InChI is InChI=1S/C17H15F3N2O2/c1-22-7-3-5-11(9-22)15-14(23)13(16(21)24-15)10-4-2-6-12(8-10)17(18,19)20/h2-6,8-9,15H,7,21H2,1H3. The fourth-order valence-corrected chi connectivity index (χ4v) is 2.71. The summed E-state index contributed by atoms with van der Waals surface area (Å²) in [7, 11) is 1.84. The van der Waals surface area contributed by atoms with Gasteiger partial charge >= 0.3 is 6.18 Å². The first-order valence-electron chi connectivity index (χ1n) is 7.24. The molecule has 2 heterocycles. The summed E-state index contributed by atoms with van der Waals surface area (Å²) in [6.45, 7) is 0.702. The largest absolute Gasteiger partial charge is 0.462 e. The van der Waals surface area contributed by atoms with Crippen molar-refractivity contribution in [1.29, 1.82) is 0 Å². The van der Waals surface area contributed by atoms with Crippen LogP contribution in [0.2, 0.25) is 0 Å². The van der Waals surface area contributed by atoms with Crippen LogP contribution in [-0.4, -0.2) is 30.4 Å². The Balaban J connectivity index is 1.94. The Morgan fingerprint density at radius 1 is 1.33 bits per heavy atom. The van der Waals surface area contributed by atoms with E-state index in [4.69, 9.17) is 10.5 Å². The normalized spacial score (nSPS) is 21.2. The summed E-state index contributed by atoms with van der Waals surface area (Å²) in [6.07, 6.45) is -0.0567. The van der Waals surface area contributed by atoms with Gasteiger partial charge in [-0.3, -0.25) is 4.79 Å². The molecule has 2 aliphatic rings. The van der Waals surface area contributed by atoms with Crippen LogP contribution in [0, 0.1) is 0 Å². The Kier molecular flexibility index (Phi) is 3.87. The Hall–Kier alpha value is -2.70. The summed E-state index contributed by atoms with van der Waals surface area (Å²) in [4.78, 5) is 14.5. The van der Waals surface area contributed by atoms with Crippen LogP contribution < -0.4 is 5.73 Å². The molecule has 0 aliphatic carbocycles. The summed E-state index contributed by atoms with van der Waals surface area (Å²) in [5.74, 6) is -0.607. The first-order valence-corrected chi connectivity index (χ1v) is 7.24. The van der Waals surface area contributed by atoms with Gasteiger partial charge < -0.3 is 15.4 Å². The van der Waals surface area contributed by atoms with Crippen molar-refractivity contribution in [2.45, 2.75) is 12.3 Å².